The predicted molar refractivity (Wildman–Crippen MR) is 67.8 cm³/mol. The van der Waals surface area contributed by atoms with Gasteiger partial charge in [0.25, 0.3) is 0 Å². The molecule has 0 aliphatic rings. The molecule has 3 rings (SSSR count). The first-order valence-corrected chi connectivity index (χ1v) is 5.68. The Labute approximate surface area is 108 Å². The molecule has 0 N–H and O–H groups in total. The molecule has 0 atom stereocenters. The van der Waals surface area contributed by atoms with E-state index in [4.69, 9.17) is 16.3 Å². The van der Waals surface area contributed by atoms with Crippen LogP contribution in [0.1, 0.15) is 0 Å². The first-order valence-electron chi connectivity index (χ1n) is 5.30. The molecule has 2 heterocycles. The maximum absolute atomic E-state index is 5.82. The van der Waals surface area contributed by atoms with E-state index in [2.05, 4.69) is 15.1 Å². The molecule has 0 spiro atoms. The number of hydrogen-bond donors (Lipinski definition) is 0. The van der Waals surface area contributed by atoms with E-state index in [1.165, 1.54) is 6.33 Å². The molecule has 0 unspecified atom stereocenters. The summed E-state index contributed by atoms with van der Waals surface area (Å²) in [5, 5.41) is 5.56. The molecule has 0 saturated carbocycles. The fourth-order valence-corrected chi connectivity index (χ4v) is 1.76. The monoisotopic (exact) mass is 260 g/mol. The Morgan fingerprint density at radius 2 is 1.94 bits per heavy atom. The summed E-state index contributed by atoms with van der Waals surface area (Å²) in [6, 6.07) is 7.09. The van der Waals surface area contributed by atoms with Gasteiger partial charge in [-0.05, 0) is 24.3 Å². The second-order valence-electron chi connectivity index (χ2n) is 3.74. The lowest BCUT2D eigenvalue weighted by Gasteiger charge is -2.05. The average molecular weight is 261 g/mol. The molecule has 5 nitrogen and oxygen atoms in total. The summed E-state index contributed by atoms with van der Waals surface area (Å²) >= 11 is 5.82. The van der Waals surface area contributed by atoms with Crippen LogP contribution in [0.15, 0.2) is 36.8 Å². The second kappa shape index (κ2) is 4.27. The Hall–Kier alpha value is -2.14. The summed E-state index contributed by atoms with van der Waals surface area (Å²) in [5.74, 6) is 1.15. The van der Waals surface area contributed by atoms with Crippen LogP contribution >= 0.6 is 11.6 Å². The summed E-state index contributed by atoms with van der Waals surface area (Å²) in [6.07, 6.45) is 3.13. The van der Waals surface area contributed by atoms with Gasteiger partial charge >= 0.3 is 0 Å². The van der Waals surface area contributed by atoms with Gasteiger partial charge in [-0.2, -0.15) is 5.10 Å². The lowest BCUT2D eigenvalue weighted by Crippen LogP contribution is -1.94. The van der Waals surface area contributed by atoms with Gasteiger partial charge in [0, 0.05) is 12.1 Å². The van der Waals surface area contributed by atoms with Crippen LogP contribution in [0.2, 0.25) is 5.02 Å². The first kappa shape index (κ1) is 11.0. The number of ether oxygens (including phenoxy) is 1. The van der Waals surface area contributed by atoms with Crippen LogP contribution in [0.5, 0.6) is 11.6 Å². The van der Waals surface area contributed by atoms with Crippen LogP contribution < -0.4 is 4.74 Å². The lowest BCUT2D eigenvalue weighted by atomic mass is 10.3. The quantitative estimate of drug-likeness (QED) is 0.711. The van der Waals surface area contributed by atoms with E-state index < -0.39 is 0 Å². The first-order chi connectivity index (χ1) is 8.74. The van der Waals surface area contributed by atoms with Crippen molar-refractivity contribution in [2.75, 3.05) is 0 Å². The Morgan fingerprint density at radius 3 is 2.72 bits per heavy atom. The van der Waals surface area contributed by atoms with Crippen molar-refractivity contribution in [3.05, 3.63) is 41.8 Å². The van der Waals surface area contributed by atoms with Gasteiger partial charge in [0.15, 0.2) is 5.65 Å². The fourth-order valence-electron chi connectivity index (χ4n) is 1.64. The van der Waals surface area contributed by atoms with Gasteiger partial charge in [-0.15, -0.1) is 0 Å². The molecular formula is C12H9ClN4O. The normalized spacial score (nSPS) is 10.8. The minimum atomic E-state index is 0.482. The molecule has 1 aromatic carbocycles. The summed E-state index contributed by atoms with van der Waals surface area (Å²) in [5.41, 5.74) is 0.731. The Kier molecular flexibility index (Phi) is 2.60. The SMILES string of the molecule is Cn1ncc2c(Oc3ccc(Cl)cc3)ncnc21. The van der Waals surface area contributed by atoms with Crippen molar-refractivity contribution in [2.24, 2.45) is 7.05 Å². The van der Waals surface area contributed by atoms with Crippen molar-refractivity contribution in [2.45, 2.75) is 0 Å². The summed E-state index contributed by atoms with van der Waals surface area (Å²) < 4.78 is 7.37. The fraction of sp³-hybridized carbons (Fsp3) is 0.0833. The van der Waals surface area contributed by atoms with Gasteiger partial charge in [-0.25, -0.2) is 9.97 Å². The minimum Gasteiger partial charge on any atom is -0.438 e. The Balaban J connectivity index is 2.02. The van der Waals surface area contributed by atoms with Crippen molar-refractivity contribution >= 4 is 22.6 Å². The third-order valence-electron chi connectivity index (χ3n) is 2.52. The molecule has 3 aromatic rings. The van der Waals surface area contributed by atoms with Crippen LogP contribution in [0.3, 0.4) is 0 Å². The summed E-state index contributed by atoms with van der Waals surface area (Å²) in [4.78, 5) is 8.26. The van der Waals surface area contributed by atoms with Crippen molar-refractivity contribution in [3.8, 4) is 11.6 Å². The largest absolute Gasteiger partial charge is 0.438 e. The molecule has 0 amide bonds. The molecule has 0 saturated heterocycles. The van der Waals surface area contributed by atoms with Crippen LogP contribution in [0.4, 0.5) is 0 Å². The van der Waals surface area contributed by atoms with Gasteiger partial charge in [-0.3, -0.25) is 4.68 Å². The zero-order chi connectivity index (χ0) is 12.5. The number of halogens is 1. The maximum Gasteiger partial charge on any atom is 0.233 e. The zero-order valence-corrected chi connectivity index (χ0v) is 10.3. The standard InChI is InChI=1S/C12H9ClN4O/c1-17-11-10(6-16-17)12(15-7-14-11)18-9-4-2-8(13)3-5-9/h2-7H,1H3. The molecule has 0 radical (unpaired) electrons. The summed E-state index contributed by atoms with van der Waals surface area (Å²) in [6.45, 7) is 0. The van der Waals surface area contributed by atoms with E-state index in [1.54, 1.807) is 35.1 Å². The zero-order valence-electron chi connectivity index (χ0n) is 9.54. The molecule has 6 heteroatoms. The molecule has 0 aliphatic heterocycles. The van der Waals surface area contributed by atoms with Crippen LogP contribution in [-0.4, -0.2) is 19.7 Å². The highest BCUT2D eigenvalue weighted by atomic mass is 35.5. The molecule has 18 heavy (non-hydrogen) atoms. The van der Waals surface area contributed by atoms with Crippen LogP contribution in [0, 0.1) is 0 Å². The van der Waals surface area contributed by atoms with Crippen LogP contribution in [-0.2, 0) is 7.05 Å². The van der Waals surface area contributed by atoms with Crippen molar-refractivity contribution in [3.63, 3.8) is 0 Å². The summed E-state index contributed by atoms with van der Waals surface area (Å²) in [7, 11) is 1.82. The average Bonchev–Trinajstić information content (AvgIpc) is 2.76. The highest BCUT2D eigenvalue weighted by molar-refractivity contribution is 6.30. The van der Waals surface area contributed by atoms with E-state index in [0.717, 1.165) is 11.0 Å². The maximum atomic E-state index is 5.82. The highest BCUT2D eigenvalue weighted by Crippen LogP contribution is 2.26. The molecule has 0 bridgehead atoms. The number of nitrogens with zero attached hydrogens (tertiary/aromatic N) is 4. The predicted octanol–water partition coefficient (Wildman–Crippen LogP) is 2.81. The Bertz CT molecular complexity index is 693. The van der Waals surface area contributed by atoms with Gasteiger partial charge in [0.1, 0.15) is 17.5 Å². The second-order valence-corrected chi connectivity index (χ2v) is 4.18. The topological polar surface area (TPSA) is 52.8 Å². The number of benzene rings is 1. The molecular weight excluding hydrogens is 252 g/mol. The highest BCUT2D eigenvalue weighted by Gasteiger charge is 2.09. The number of aryl methyl sites for hydroxylation is 1. The smallest absolute Gasteiger partial charge is 0.233 e. The lowest BCUT2D eigenvalue weighted by molar-refractivity contribution is 0.468. The number of aromatic nitrogens is 4. The van der Waals surface area contributed by atoms with Gasteiger partial charge < -0.3 is 4.74 Å². The molecule has 0 aliphatic carbocycles. The molecule has 2 aromatic heterocycles. The van der Waals surface area contributed by atoms with Crippen LogP contribution in [0.25, 0.3) is 11.0 Å². The van der Waals surface area contributed by atoms with E-state index in [-0.39, 0.29) is 0 Å². The van der Waals surface area contributed by atoms with E-state index in [9.17, 15) is 0 Å². The number of hydrogen-bond acceptors (Lipinski definition) is 4. The third kappa shape index (κ3) is 1.89. The Morgan fingerprint density at radius 1 is 1.17 bits per heavy atom. The van der Waals surface area contributed by atoms with Crippen molar-refractivity contribution in [1.82, 2.24) is 19.7 Å². The van der Waals surface area contributed by atoms with E-state index in [1.807, 2.05) is 7.05 Å². The number of fused-ring (bicyclic) bond motifs is 1. The van der Waals surface area contributed by atoms with E-state index in [0.29, 0.717) is 16.7 Å². The van der Waals surface area contributed by atoms with Gasteiger partial charge in [0.2, 0.25) is 5.88 Å². The molecule has 90 valence electrons. The molecule has 0 fully saturated rings. The van der Waals surface area contributed by atoms with E-state index >= 15 is 0 Å². The number of rotatable bonds is 2. The van der Waals surface area contributed by atoms with Gasteiger partial charge in [0.05, 0.1) is 6.20 Å². The third-order valence-corrected chi connectivity index (χ3v) is 2.77. The minimum absolute atomic E-state index is 0.482. The van der Waals surface area contributed by atoms with Crippen molar-refractivity contribution < 1.29 is 4.74 Å². The van der Waals surface area contributed by atoms with Gasteiger partial charge in [-0.1, -0.05) is 11.6 Å². The van der Waals surface area contributed by atoms with Crippen molar-refractivity contribution in [1.29, 1.82) is 0 Å².